The van der Waals surface area contributed by atoms with Gasteiger partial charge in [-0.3, -0.25) is 0 Å². The Balaban J connectivity index is 2.06. The van der Waals surface area contributed by atoms with Gasteiger partial charge in [0, 0.05) is 9.61 Å². The summed E-state index contributed by atoms with van der Waals surface area (Å²) in [6.07, 6.45) is 2.14. The van der Waals surface area contributed by atoms with Gasteiger partial charge in [0.25, 0.3) is 0 Å². The van der Waals surface area contributed by atoms with Crippen molar-refractivity contribution in [3.05, 3.63) is 68.3 Å². The lowest BCUT2D eigenvalue weighted by Gasteiger charge is -2.17. The molecule has 0 bridgehead atoms. The lowest BCUT2D eigenvalue weighted by atomic mass is 9.97. The maximum absolute atomic E-state index is 3.45. The molecule has 0 aliphatic rings. The number of aryl methyl sites for hydroxylation is 2. The molecule has 0 saturated carbocycles. The standard InChI is InChI=1S/C18H22IN/c1-13-8-14(2)10-16(9-13)12-18(20-3)11-15-4-6-17(19)7-5-15/h4-10,18,20H,11-12H2,1-3H3. The van der Waals surface area contributed by atoms with Crippen LogP contribution in [0.15, 0.2) is 42.5 Å². The summed E-state index contributed by atoms with van der Waals surface area (Å²) in [5.41, 5.74) is 5.52. The van der Waals surface area contributed by atoms with Crippen molar-refractivity contribution in [3.8, 4) is 0 Å². The van der Waals surface area contributed by atoms with Crippen LogP contribution in [0, 0.1) is 17.4 Å². The Morgan fingerprint density at radius 2 is 1.45 bits per heavy atom. The van der Waals surface area contributed by atoms with Gasteiger partial charge in [-0.1, -0.05) is 41.5 Å². The van der Waals surface area contributed by atoms with Crippen molar-refractivity contribution in [2.75, 3.05) is 7.05 Å². The van der Waals surface area contributed by atoms with Crippen LogP contribution < -0.4 is 5.32 Å². The van der Waals surface area contributed by atoms with Crippen LogP contribution >= 0.6 is 22.6 Å². The maximum Gasteiger partial charge on any atom is 0.0145 e. The molecule has 0 spiro atoms. The highest BCUT2D eigenvalue weighted by Crippen LogP contribution is 2.14. The minimum atomic E-state index is 0.483. The summed E-state index contributed by atoms with van der Waals surface area (Å²) < 4.78 is 1.29. The molecule has 1 unspecified atom stereocenters. The molecule has 0 aromatic heterocycles. The summed E-state index contributed by atoms with van der Waals surface area (Å²) in [4.78, 5) is 0. The van der Waals surface area contributed by atoms with Crippen LogP contribution in [-0.2, 0) is 12.8 Å². The van der Waals surface area contributed by atoms with E-state index in [1.807, 2.05) is 0 Å². The first kappa shape index (κ1) is 15.5. The van der Waals surface area contributed by atoms with E-state index in [-0.39, 0.29) is 0 Å². The fraction of sp³-hybridized carbons (Fsp3) is 0.333. The molecule has 1 atom stereocenters. The average molecular weight is 379 g/mol. The highest BCUT2D eigenvalue weighted by molar-refractivity contribution is 14.1. The zero-order valence-electron chi connectivity index (χ0n) is 12.4. The molecule has 0 fully saturated rings. The Labute approximate surface area is 135 Å². The van der Waals surface area contributed by atoms with Gasteiger partial charge in [0.05, 0.1) is 0 Å². The van der Waals surface area contributed by atoms with Gasteiger partial charge in [-0.25, -0.2) is 0 Å². The van der Waals surface area contributed by atoms with E-state index in [0.29, 0.717) is 6.04 Å². The molecule has 2 rings (SSSR count). The average Bonchev–Trinajstić information content (AvgIpc) is 2.39. The topological polar surface area (TPSA) is 12.0 Å². The Morgan fingerprint density at radius 3 is 2.00 bits per heavy atom. The van der Waals surface area contributed by atoms with Crippen molar-refractivity contribution in [2.45, 2.75) is 32.7 Å². The predicted octanol–water partition coefficient (Wildman–Crippen LogP) is 4.28. The van der Waals surface area contributed by atoms with E-state index >= 15 is 0 Å². The molecule has 1 N–H and O–H groups in total. The summed E-state index contributed by atoms with van der Waals surface area (Å²) in [6.45, 7) is 4.34. The van der Waals surface area contributed by atoms with E-state index in [1.165, 1.54) is 25.8 Å². The molecule has 0 radical (unpaired) electrons. The quantitative estimate of drug-likeness (QED) is 0.765. The van der Waals surface area contributed by atoms with Crippen LogP contribution in [0.4, 0.5) is 0 Å². The van der Waals surface area contributed by atoms with Gasteiger partial charge >= 0.3 is 0 Å². The van der Waals surface area contributed by atoms with E-state index in [0.717, 1.165) is 12.8 Å². The van der Waals surface area contributed by atoms with Gasteiger partial charge in [0.1, 0.15) is 0 Å². The summed E-state index contributed by atoms with van der Waals surface area (Å²) >= 11 is 2.35. The van der Waals surface area contributed by atoms with Crippen molar-refractivity contribution >= 4 is 22.6 Å². The lowest BCUT2D eigenvalue weighted by Crippen LogP contribution is -2.29. The number of rotatable bonds is 5. The Morgan fingerprint density at radius 1 is 0.900 bits per heavy atom. The Hall–Kier alpha value is -0.870. The first-order chi connectivity index (χ1) is 9.56. The van der Waals surface area contributed by atoms with Gasteiger partial charge in [-0.15, -0.1) is 0 Å². The molecule has 0 heterocycles. The predicted molar refractivity (Wildman–Crippen MR) is 95.3 cm³/mol. The number of nitrogens with one attached hydrogen (secondary N) is 1. The molecule has 106 valence electrons. The second-order valence-corrected chi connectivity index (χ2v) is 6.76. The van der Waals surface area contributed by atoms with Crippen LogP contribution in [0.5, 0.6) is 0 Å². The summed E-state index contributed by atoms with van der Waals surface area (Å²) in [5.74, 6) is 0. The van der Waals surface area contributed by atoms with Gasteiger partial charge < -0.3 is 5.32 Å². The van der Waals surface area contributed by atoms with Crippen molar-refractivity contribution in [1.82, 2.24) is 5.32 Å². The van der Waals surface area contributed by atoms with E-state index in [9.17, 15) is 0 Å². The molecular weight excluding hydrogens is 357 g/mol. The SMILES string of the molecule is CNC(Cc1ccc(I)cc1)Cc1cc(C)cc(C)c1. The van der Waals surface area contributed by atoms with Crippen LogP contribution in [0.25, 0.3) is 0 Å². The van der Waals surface area contributed by atoms with Gasteiger partial charge in [-0.2, -0.15) is 0 Å². The molecule has 0 aliphatic heterocycles. The molecule has 0 saturated heterocycles. The first-order valence-electron chi connectivity index (χ1n) is 7.05. The molecule has 2 heteroatoms. The third-order valence-corrected chi connectivity index (χ3v) is 4.29. The van der Waals surface area contributed by atoms with Crippen LogP contribution in [0.3, 0.4) is 0 Å². The van der Waals surface area contributed by atoms with Gasteiger partial charge in [-0.05, 0) is 79.6 Å². The Bertz CT molecular complexity index is 540. The smallest absolute Gasteiger partial charge is 0.0145 e. The van der Waals surface area contributed by atoms with Crippen molar-refractivity contribution < 1.29 is 0 Å². The monoisotopic (exact) mass is 379 g/mol. The van der Waals surface area contributed by atoms with Crippen LogP contribution in [-0.4, -0.2) is 13.1 Å². The molecule has 2 aromatic carbocycles. The fourth-order valence-corrected chi connectivity index (χ4v) is 3.01. The third kappa shape index (κ3) is 4.60. The lowest BCUT2D eigenvalue weighted by molar-refractivity contribution is 0.556. The first-order valence-corrected chi connectivity index (χ1v) is 8.13. The normalized spacial score (nSPS) is 12.4. The zero-order valence-corrected chi connectivity index (χ0v) is 14.6. The molecule has 20 heavy (non-hydrogen) atoms. The van der Waals surface area contributed by atoms with Gasteiger partial charge in [0.15, 0.2) is 0 Å². The summed E-state index contributed by atoms with van der Waals surface area (Å²) in [5, 5.41) is 3.45. The fourth-order valence-electron chi connectivity index (χ4n) is 2.65. The molecule has 0 amide bonds. The van der Waals surface area contributed by atoms with E-state index in [2.05, 4.69) is 91.3 Å². The van der Waals surface area contributed by atoms with Gasteiger partial charge in [0.2, 0.25) is 0 Å². The van der Waals surface area contributed by atoms with E-state index in [1.54, 1.807) is 0 Å². The van der Waals surface area contributed by atoms with Crippen LogP contribution in [0.1, 0.15) is 22.3 Å². The second-order valence-electron chi connectivity index (χ2n) is 5.52. The minimum absolute atomic E-state index is 0.483. The molecule has 2 aromatic rings. The summed E-state index contributed by atoms with van der Waals surface area (Å²) in [7, 11) is 2.06. The number of likely N-dealkylation sites (N-methyl/N-ethyl adjacent to an activating group) is 1. The third-order valence-electron chi connectivity index (χ3n) is 3.57. The van der Waals surface area contributed by atoms with E-state index < -0.39 is 0 Å². The largest absolute Gasteiger partial charge is 0.316 e. The molecule has 0 aliphatic carbocycles. The number of halogens is 1. The second kappa shape index (κ2) is 7.23. The molecule has 1 nitrogen and oxygen atoms in total. The number of benzene rings is 2. The minimum Gasteiger partial charge on any atom is -0.316 e. The maximum atomic E-state index is 3.45. The van der Waals surface area contributed by atoms with Crippen LogP contribution in [0.2, 0.25) is 0 Å². The van der Waals surface area contributed by atoms with Crippen molar-refractivity contribution in [3.63, 3.8) is 0 Å². The molecular formula is C18H22IN. The zero-order chi connectivity index (χ0) is 14.5. The Kier molecular flexibility index (Phi) is 5.61. The van der Waals surface area contributed by atoms with Crippen molar-refractivity contribution in [1.29, 1.82) is 0 Å². The van der Waals surface area contributed by atoms with E-state index in [4.69, 9.17) is 0 Å². The number of hydrogen-bond donors (Lipinski definition) is 1. The summed E-state index contributed by atoms with van der Waals surface area (Å²) in [6, 6.07) is 16.1. The van der Waals surface area contributed by atoms with Crippen molar-refractivity contribution in [2.24, 2.45) is 0 Å². The highest BCUT2D eigenvalue weighted by atomic mass is 127. The number of hydrogen-bond acceptors (Lipinski definition) is 1. The highest BCUT2D eigenvalue weighted by Gasteiger charge is 2.09.